The standard InChI is InChI=1S/C14H16N2O/c1-17-14-9-12(15)11(8-13(14)16)7-10-5-3-2-4-6-10/h2-6,8-9H,7,15-16H2,1H3. The van der Waals surface area contributed by atoms with E-state index in [1.807, 2.05) is 24.3 Å². The van der Waals surface area contributed by atoms with Crippen molar-refractivity contribution in [3.8, 4) is 5.75 Å². The molecule has 88 valence electrons. The number of methoxy groups -OCH3 is 1. The number of ether oxygens (including phenoxy) is 1. The molecule has 0 unspecified atom stereocenters. The molecule has 0 spiro atoms. The number of nitrogens with two attached hydrogens (primary N) is 2. The van der Waals surface area contributed by atoms with Gasteiger partial charge in [-0.25, -0.2) is 0 Å². The largest absolute Gasteiger partial charge is 0.495 e. The molecular weight excluding hydrogens is 212 g/mol. The van der Waals surface area contributed by atoms with Gasteiger partial charge in [-0.1, -0.05) is 30.3 Å². The summed E-state index contributed by atoms with van der Waals surface area (Å²) < 4.78 is 5.13. The van der Waals surface area contributed by atoms with Crippen LogP contribution in [-0.2, 0) is 6.42 Å². The van der Waals surface area contributed by atoms with Crippen LogP contribution in [0.3, 0.4) is 0 Å². The van der Waals surface area contributed by atoms with E-state index in [1.54, 1.807) is 13.2 Å². The lowest BCUT2D eigenvalue weighted by molar-refractivity contribution is 0.417. The number of hydrogen-bond acceptors (Lipinski definition) is 3. The van der Waals surface area contributed by atoms with Crippen molar-refractivity contribution in [3.63, 3.8) is 0 Å². The summed E-state index contributed by atoms with van der Waals surface area (Å²) >= 11 is 0. The Hall–Kier alpha value is -2.16. The lowest BCUT2D eigenvalue weighted by Gasteiger charge is -2.10. The van der Waals surface area contributed by atoms with Gasteiger partial charge in [0, 0.05) is 11.8 Å². The van der Waals surface area contributed by atoms with Gasteiger partial charge in [0.2, 0.25) is 0 Å². The van der Waals surface area contributed by atoms with Gasteiger partial charge in [-0.15, -0.1) is 0 Å². The van der Waals surface area contributed by atoms with E-state index in [9.17, 15) is 0 Å². The van der Waals surface area contributed by atoms with Crippen LogP contribution in [0.2, 0.25) is 0 Å². The molecule has 2 aromatic rings. The minimum Gasteiger partial charge on any atom is -0.495 e. The van der Waals surface area contributed by atoms with E-state index in [4.69, 9.17) is 16.2 Å². The molecule has 3 nitrogen and oxygen atoms in total. The highest BCUT2D eigenvalue weighted by Gasteiger charge is 2.06. The molecule has 2 aromatic carbocycles. The molecule has 0 aromatic heterocycles. The van der Waals surface area contributed by atoms with Crippen molar-refractivity contribution in [1.82, 2.24) is 0 Å². The second kappa shape index (κ2) is 4.78. The summed E-state index contributed by atoms with van der Waals surface area (Å²) in [7, 11) is 1.59. The Morgan fingerprint density at radius 3 is 2.35 bits per heavy atom. The molecular formula is C14H16N2O. The summed E-state index contributed by atoms with van der Waals surface area (Å²) in [6.45, 7) is 0. The number of hydrogen-bond donors (Lipinski definition) is 2. The summed E-state index contributed by atoms with van der Waals surface area (Å²) in [6.07, 6.45) is 0.779. The van der Waals surface area contributed by atoms with E-state index >= 15 is 0 Å². The third-order valence-electron chi connectivity index (χ3n) is 2.73. The van der Waals surface area contributed by atoms with Gasteiger partial charge in [-0.3, -0.25) is 0 Å². The van der Waals surface area contributed by atoms with Crippen LogP contribution >= 0.6 is 0 Å². The maximum absolute atomic E-state index is 5.98. The maximum Gasteiger partial charge on any atom is 0.143 e. The molecule has 0 amide bonds. The first-order valence-corrected chi connectivity index (χ1v) is 5.46. The van der Waals surface area contributed by atoms with Gasteiger partial charge in [0.15, 0.2) is 0 Å². The van der Waals surface area contributed by atoms with Crippen LogP contribution in [-0.4, -0.2) is 7.11 Å². The zero-order chi connectivity index (χ0) is 12.3. The fraction of sp³-hybridized carbons (Fsp3) is 0.143. The van der Waals surface area contributed by atoms with Gasteiger partial charge in [0.1, 0.15) is 5.75 Å². The van der Waals surface area contributed by atoms with Crippen LogP contribution in [0, 0.1) is 0 Å². The second-order valence-electron chi connectivity index (χ2n) is 3.96. The van der Waals surface area contributed by atoms with Gasteiger partial charge in [0.05, 0.1) is 12.8 Å². The Balaban J connectivity index is 2.31. The van der Waals surface area contributed by atoms with E-state index < -0.39 is 0 Å². The first-order valence-electron chi connectivity index (χ1n) is 5.46. The average Bonchev–Trinajstić information content (AvgIpc) is 2.34. The van der Waals surface area contributed by atoms with Crippen molar-refractivity contribution < 1.29 is 4.74 Å². The maximum atomic E-state index is 5.98. The molecule has 0 aliphatic heterocycles. The highest BCUT2D eigenvalue weighted by Crippen LogP contribution is 2.28. The van der Waals surface area contributed by atoms with E-state index in [0.29, 0.717) is 17.1 Å². The van der Waals surface area contributed by atoms with Gasteiger partial charge in [-0.2, -0.15) is 0 Å². The van der Waals surface area contributed by atoms with E-state index in [2.05, 4.69) is 12.1 Å². The predicted molar refractivity (Wildman–Crippen MR) is 71.1 cm³/mol. The quantitative estimate of drug-likeness (QED) is 0.793. The fourth-order valence-corrected chi connectivity index (χ4v) is 1.81. The molecule has 0 aliphatic rings. The van der Waals surface area contributed by atoms with Gasteiger partial charge >= 0.3 is 0 Å². The van der Waals surface area contributed by atoms with E-state index in [1.165, 1.54) is 5.56 Å². The Morgan fingerprint density at radius 2 is 1.71 bits per heavy atom. The van der Waals surface area contributed by atoms with Crippen molar-refractivity contribution in [3.05, 3.63) is 53.6 Å². The molecule has 0 atom stereocenters. The molecule has 0 bridgehead atoms. The molecule has 0 fully saturated rings. The summed E-state index contributed by atoms with van der Waals surface area (Å²) in [4.78, 5) is 0. The van der Waals surface area contributed by atoms with Crippen molar-refractivity contribution in [2.75, 3.05) is 18.6 Å². The Bertz CT molecular complexity index is 509. The lowest BCUT2D eigenvalue weighted by Crippen LogP contribution is -2.00. The second-order valence-corrected chi connectivity index (χ2v) is 3.96. The molecule has 4 N–H and O–H groups in total. The highest BCUT2D eigenvalue weighted by molar-refractivity contribution is 5.64. The first-order chi connectivity index (χ1) is 8.20. The van der Waals surface area contributed by atoms with Crippen LogP contribution in [0.1, 0.15) is 11.1 Å². The number of benzene rings is 2. The monoisotopic (exact) mass is 228 g/mol. The zero-order valence-electron chi connectivity index (χ0n) is 9.81. The normalized spacial score (nSPS) is 10.2. The van der Waals surface area contributed by atoms with Gasteiger partial charge in [-0.05, 0) is 23.6 Å². The average molecular weight is 228 g/mol. The lowest BCUT2D eigenvalue weighted by atomic mass is 10.0. The summed E-state index contributed by atoms with van der Waals surface area (Å²) in [6, 6.07) is 13.8. The Kier molecular flexibility index (Phi) is 3.19. The Morgan fingerprint density at radius 1 is 1.00 bits per heavy atom. The van der Waals surface area contributed by atoms with Crippen LogP contribution < -0.4 is 16.2 Å². The van der Waals surface area contributed by atoms with Crippen LogP contribution in [0.4, 0.5) is 11.4 Å². The molecule has 0 aliphatic carbocycles. The SMILES string of the molecule is COc1cc(N)c(Cc2ccccc2)cc1N. The van der Waals surface area contributed by atoms with Crippen LogP contribution in [0.5, 0.6) is 5.75 Å². The van der Waals surface area contributed by atoms with E-state index in [0.717, 1.165) is 12.0 Å². The number of nitrogen functional groups attached to an aromatic ring is 2. The molecule has 17 heavy (non-hydrogen) atoms. The minimum absolute atomic E-state index is 0.618. The molecule has 0 radical (unpaired) electrons. The third-order valence-corrected chi connectivity index (χ3v) is 2.73. The minimum atomic E-state index is 0.618. The molecule has 0 saturated heterocycles. The first kappa shape index (κ1) is 11.3. The van der Waals surface area contributed by atoms with E-state index in [-0.39, 0.29) is 0 Å². The van der Waals surface area contributed by atoms with Crippen molar-refractivity contribution in [1.29, 1.82) is 0 Å². The molecule has 0 saturated carbocycles. The number of anilines is 2. The summed E-state index contributed by atoms with van der Waals surface area (Å²) in [5, 5.41) is 0. The van der Waals surface area contributed by atoms with Crippen LogP contribution in [0.25, 0.3) is 0 Å². The molecule has 3 heteroatoms. The van der Waals surface area contributed by atoms with Gasteiger partial charge < -0.3 is 16.2 Å². The molecule has 2 rings (SSSR count). The van der Waals surface area contributed by atoms with Crippen molar-refractivity contribution >= 4 is 11.4 Å². The van der Waals surface area contributed by atoms with Crippen molar-refractivity contribution in [2.45, 2.75) is 6.42 Å². The third kappa shape index (κ3) is 2.50. The van der Waals surface area contributed by atoms with Crippen molar-refractivity contribution in [2.24, 2.45) is 0 Å². The van der Waals surface area contributed by atoms with Gasteiger partial charge in [0.25, 0.3) is 0 Å². The fourth-order valence-electron chi connectivity index (χ4n) is 1.81. The Labute approximate surface area is 101 Å². The summed E-state index contributed by atoms with van der Waals surface area (Å²) in [5.74, 6) is 0.624. The predicted octanol–water partition coefficient (Wildman–Crippen LogP) is 2.45. The topological polar surface area (TPSA) is 61.3 Å². The zero-order valence-corrected chi connectivity index (χ0v) is 9.81. The smallest absolute Gasteiger partial charge is 0.143 e. The highest BCUT2D eigenvalue weighted by atomic mass is 16.5. The molecule has 0 heterocycles. The number of rotatable bonds is 3. The van der Waals surface area contributed by atoms with Crippen LogP contribution in [0.15, 0.2) is 42.5 Å². The summed E-state index contributed by atoms with van der Waals surface area (Å²) in [5.41, 5.74) is 15.4.